The quantitative estimate of drug-likeness (QED) is 0.575. The molecule has 0 fully saturated rings. The number of hydrogen-bond donors (Lipinski definition) is 1. The minimum Gasteiger partial charge on any atom is -0.391 e. The average Bonchev–Trinajstić information content (AvgIpc) is 2.38. The Morgan fingerprint density at radius 1 is 1.70 bits per heavy atom. The molecular formula is C6H9N3O. The third-order valence-corrected chi connectivity index (χ3v) is 1.21. The zero-order valence-electron chi connectivity index (χ0n) is 5.96. The number of nitriles is 1. The van der Waals surface area contributed by atoms with Crippen LogP contribution >= 0.6 is 0 Å². The summed E-state index contributed by atoms with van der Waals surface area (Å²) in [6, 6.07) is 2.08. The molecule has 4 nitrogen and oxygen atoms in total. The SMILES string of the molecule is CC(C)(C#N)N1NC=CO1. The molecule has 0 aromatic rings. The monoisotopic (exact) mass is 139 g/mol. The lowest BCUT2D eigenvalue weighted by Crippen LogP contribution is -2.45. The topological polar surface area (TPSA) is 48.3 Å². The second-order valence-electron chi connectivity index (χ2n) is 2.50. The third kappa shape index (κ3) is 1.04. The summed E-state index contributed by atoms with van der Waals surface area (Å²) in [7, 11) is 0. The molecule has 54 valence electrons. The molecule has 1 N–H and O–H groups in total. The summed E-state index contributed by atoms with van der Waals surface area (Å²) in [5.74, 6) is 0. The molecule has 0 amide bonds. The molecule has 0 spiro atoms. The third-order valence-electron chi connectivity index (χ3n) is 1.21. The molecule has 0 radical (unpaired) electrons. The van der Waals surface area contributed by atoms with Crippen LogP contribution in [0.5, 0.6) is 0 Å². The lowest BCUT2D eigenvalue weighted by Gasteiger charge is -2.25. The van der Waals surface area contributed by atoms with Gasteiger partial charge in [0.25, 0.3) is 0 Å². The zero-order chi connectivity index (χ0) is 7.61. The van der Waals surface area contributed by atoms with Gasteiger partial charge in [0.1, 0.15) is 6.26 Å². The Bertz CT molecular complexity index is 184. The van der Waals surface area contributed by atoms with Crippen LogP contribution < -0.4 is 5.43 Å². The standard InChI is InChI=1S/C6H9N3O/c1-6(2,5-7)9-8-3-4-10-9/h3-4,8H,1-2H3. The van der Waals surface area contributed by atoms with Gasteiger partial charge in [0.2, 0.25) is 0 Å². The number of hydrazine groups is 1. The average molecular weight is 139 g/mol. The Labute approximate surface area is 59.6 Å². The van der Waals surface area contributed by atoms with Gasteiger partial charge in [0.05, 0.1) is 12.3 Å². The van der Waals surface area contributed by atoms with Gasteiger partial charge in [-0.15, -0.1) is 0 Å². The molecule has 0 bridgehead atoms. The van der Waals surface area contributed by atoms with Crippen molar-refractivity contribution in [1.29, 1.82) is 5.26 Å². The molecule has 0 aliphatic carbocycles. The molecule has 0 saturated carbocycles. The van der Waals surface area contributed by atoms with Crippen molar-refractivity contribution < 1.29 is 4.84 Å². The predicted octanol–water partition coefficient (Wildman–Crippen LogP) is 0.512. The van der Waals surface area contributed by atoms with Gasteiger partial charge in [0.15, 0.2) is 5.54 Å². The second kappa shape index (κ2) is 2.20. The van der Waals surface area contributed by atoms with Gasteiger partial charge in [-0.05, 0) is 19.0 Å². The number of hydrogen-bond acceptors (Lipinski definition) is 4. The summed E-state index contributed by atoms with van der Waals surface area (Å²) < 4.78 is 0. The van der Waals surface area contributed by atoms with E-state index in [1.54, 1.807) is 20.0 Å². The molecule has 0 unspecified atom stereocenters. The van der Waals surface area contributed by atoms with Crippen LogP contribution in [0.3, 0.4) is 0 Å². The van der Waals surface area contributed by atoms with Crippen molar-refractivity contribution >= 4 is 0 Å². The number of nitrogens with one attached hydrogen (secondary N) is 1. The van der Waals surface area contributed by atoms with E-state index in [9.17, 15) is 0 Å². The van der Waals surface area contributed by atoms with Crippen molar-refractivity contribution in [2.45, 2.75) is 19.4 Å². The van der Waals surface area contributed by atoms with Gasteiger partial charge in [-0.3, -0.25) is 5.43 Å². The Hall–Kier alpha value is -1.21. The number of rotatable bonds is 1. The molecular weight excluding hydrogens is 130 g/mol. The summed E-state index contributed by atoms with van der Waals surface area (Å²) in [4.78, 5) is 4.93. The van der Waals surface area contributed by atoms with Gasteiger partial charge in [0, 0.05) is 0 Å². The first-order chi connectivity index (χ1) is 4.67. The second-order valence-corrected chi connectivity index (χ2v) is 2.50. The molecule has 10 heavy (non-hydrogen) atoms. The first-order valence-corrected chi connectivity index (χ1v) is 2.96. The molecule has 0 atom stereocenters. The molecule has 1 aliphatic heterocycles. The van der Waals surface area contributed by atoms with Crippen LogP contribution in [-0.2, 0) is 4.84 Å². The Balaban J connectivity index is 2.59. The van der Waals surface area contributed by atoms with Crippen LogP contribution in [-0.4, -0.2) is 10.7 Å². The highest BCUT2D eigenvalue weighted by Crippen LogP contribution is 2.13. The van der Waals surface area contributed by atoms with Crippen LogP contribution in [0, 0.1) is 11.3 Å². The van der Waals surface area contributed by atoms with Gasteiger partial charge >= 0.3 is 0 Å². The van der Waals surface area contributed by atoms with Crippen molar-refractivity contribution in [2.24, 2.45) is 0 Å². The van der Waals surface area contributed by atoms with Crippen LogP contribution in [0.15, 0.2) is 12.5 Å². The number of hydroxylamine groups is 1. The Morgan fingerprint density at radius 2 is 2.40 bits per heavy atom. The van der Waals surface area contributed by atoms with Crippen molar-refractivity contribution in [3.63, 3.8) is 0 Å². The maximum Gasteiger partial charge on any atom is 0.158 e. The first-order valence-electron chi connectivity index (χ1n) is 2.96. The fourth-order valence-corrected chi connectivity index (χ4v) is 0.558. The van der Waals surface area contributed by atoms with E-state index in [4.69, 9.17) is 10.1 Å². The summed E-state index contributed by atoms with van der Waals surface area (Å²) >= 11 is 0. The minimum absolute atomic E-state index is 0.635. The van der Waals surface area contributed by atoms with Crippen molar-refractivity contribution in [1.82, 2.24) is 10.6 Å². The predicted molar refractivity (Wildman–Crippen MR) is 34.9 cm³/mol. The summed E-state index contributed by atoms with van der Waals surface area (Å²) in [6.07, 6.45) is 3.11. The normalized spacial score (nSPS) is 17.7. The first kappa shape index (κ1) is 6.90. The highest BCUT2D eigenvalue weighted by Gasteiger charge is 2.29. The van der Waals surface area contributed by atoms with Crippen LogP contribution in [0.1, 0.15) is 13.8 Å². The summed E-state index contributed by atoms with van der Waals surface area (Å²) in [5, 5.41) is 10.00. The van der Waals surface area contributed by atoms with Gasteiger partial charge in [-0.1, -0.05) is 0 Å². The van der Waals surface area contributed by atoms with Gasteiger partial charge in [-0.2, -0.15) is 5.26 Å². The van der Waals surface area contributed by atoms with Gasteiger partial charge < -0.3 is 4.84 Å². The highest BCUT2D eigenvalue weighted by atomic mass is 16.7. The molecule has 1 rings (SSSR count). The fourth-order valence-electron chi connectivity index (χ4n) is 0.558. The molecule has 0 aromatic carbocycles. The Kier molecular flexibility index (Phi) is 1.52. The molecule has 1 aliphatic rings. The maximum absolute atomic E-state index is 8.62. The smallest absolute Gasteiger partial charge is 0.158 e. The van der Waals surface area contributed by atoms with Gasteiger partial charge in [-0.25, -0.2) is 0 Å². The molecule has 0 aromatic heterocycles. The maximum atomic E-state index is 8.62. The van der Waals surface area contributed by atoms with Crippen LogP contribution in [0.2, 0.25) is 0 Å². The van der Waals surface area contributed by atoms with E-state index in [2.05, 4.69) is 11.5 Å². The van der Waals surface area contributed by atoms with E-state index in [0.29, 0.717) is 0 Å². The van der Waals surface area contributed by atoms with Crippen LogP contribution in [0.4, 0.5) is 0 Å². The highest BCUT2D eigenvalue weighted by molar-refractivity contribution is 5.00. The lowest BCUT2D eigenvalue weighted by atomic mass is 10.1. The zero-order valence-corrected chi connectivity index (χ0v) is 5.96. The fraction of sp³-hybridized carbons (Fsp3) is 0.500. The molecule has 1 heterocycles. The van der Waals surface area contributed by atoms with Crippen molar-refractivity contribution in [3.8, 4) is 6.07 Å². The van der Waals surface area contributed by atoms with Crippen LogP contribution in [0.25, 0.3) is 0 Å². The van der Waals surface area contributed by atoms with E-state index in [-0.39, 0.29) is 0 Å². The minimum atomic E-state index is -0.635. The van der Waals surface area contributed by atoms with E-state index in [1.807, 2.05) is 0 Å². The van der Waals surface area contributed by atoms with Crippen molar-refractivity contribution in [2.75, 3.05) is 0 Å². The van der Waals surface area contributed by atoms with E-state index in [0.717, 1.165) is 0 Å². The van der Waals surface area contributed by atoms with E-state index >= 15 is 0 Å². The van der Waals surface area contributed by atoms with Crippen molar-refractivity contribution in [3.05, 3.63) is 12.5 Å². The largest absolute Gasteiger partial charge is 0.391 e. The van der Waals surface area contributed by atoms with E-state index in [1.165, 1.54) is 11.4 Å². The summed E-state index contributed by atoms with van der Waals surface area (Å²) in [5.41, 5.74) is 2.12. The summed E-state index contributed by atoms with van der Waals surface area (Å²) in [6.45, 7) is 3.51. The molecule has 4 heteroatoms. The number of nitrogens with zero attached hydrogens (tertiary/aromatic N) is 2. The lowest BCUT2D eigenvalue weighted by molar-refractivity contribution is -0.161. The van der Waals surface area contributed by atoms with E-state index < -0.39 is 5.54 Å². The molecule has 0 saturated heterocycles. The Morgan fingerprint density at radius 3 is 2.80 bits per heavy atom.